The molecule has 1 fully saturated rings. The number of aromatic nitrogens is 2. The molecule has 0 saturated carbocycles. The van der Waals surface area contributed by atoms with Gasteiger partial charge < -0.3 is 5.32 Å². The lowest BCUT2D eigenvalue weighted by Crippen LogP contribution is -2.37. The predicted molar refractivity (Wildman–Crippen MR) is 69.9 cm³/mol. The van der Waals surface area contributed by atoms with Crippen molar-refractivity contribution in [1.82, 2.24) is 20.0 Å². The van der Waals surface area contributed by atoms with Crippen LogP contribution in [0.25, 0.3) is 0 Å². The molecule has 2 heterocycles. The first-order valence-electron chi connectivity index (χ1n) is 6.79. The maximum Gasteiger partial charge on any atom is 0.0534 e. The summed E-state index contributed by atoms with van der Waals surface area (Å²) in [6, 6.07) is 0.691. The highest BCUT2D eigenvalue weighted by Crippen LogP contribution is 2.10. The summed E-state index contributed by atoms with van der Waals surface area (Å²) in [6.07, 6.45) is 6.81. The zero-order valence-corrected chi connectivity index (χ0v) is 11.0. The molecular weight excluding hydrogens is 212 g/mol. The van der Waals surface area contributed by atoms with Gasteiger partial charge in [-0.15, -0.1) is 0 Å². The van der Waals surface area contributed by atoms with Gasteiger partial charge in [-0.2, -0.15) is 5.10 Å². The molecule has 0 radical (unpaired) electrons. The van der Waals surface area contributed by atoms with Crippen molar-refractivity contribution in [3.8, 4) is 0 Å². The summed E-state index contributed by atoms with van der Waals surface area (Å²) in [7, 11) is 0. The molecule has 96 valence electrons. The lowest BCUT2D eigenvalue weighted by atomic mass is 10.2. The van der Waals surface area contributed by atoms with E-state index in [4.69, 9.17) is 0 Å². The molecule has 0 amide bonds. The summed E-state index contributed by atoms with van der Waals surface area (Å²) in [4.78, 5) is 2.50. The van der Waals surface area contributed by atoms with Crippen molar-refractivity contribution in [3.63, 3.8) is 0 Å². The van der Waals surface area contributed by atoms with Crippen LogP contribution in [-0.4, -0.2) is 40.4 Å². The molecule has 1 atom stereocenters. The first-order chi connectivity index (χ1) is 8.31. The van der Waals surface area contributed by atoms with Gasteiger partial charge in [-0.3, -0.25) is 9.58 Å². The third kappa shape index (κ3) is 3.54. The molecule has 0 unspecified atom stereocenters. The standard InChI is InChI=1S/C13H24N4/c1-3-16(11-13-6-5-7-14-13)9-12-8-15-17(4-2)10-12/h8,10,13-14H,3-7,9,11H2,1-2H3/t13-/m1/s1. The maximum absolute atomic E-state index is 4.33. The highest BCUT2D eigenvalue weighted by atomic mass is 15.3. The topological polar surface area (TPSA) is 33.1 Å². The second kappa shape index (κ2) is 6.17. The van der Waals surface area contributed by atoms with Gasteiger partial charge >= 0.3 is 0 Å². The van der Waals surface area contributed by atoms with Gasteiger partial charge in [0, 0.05) is 37.4 Å². The van der Waals surface area contributed by atoms with Crippen LogP contribution in [0, 0.1) is 0 Å². The van der Waals surface area contributed by atoms with Crippen LogP contribution >= 0.6 is 0 Å². The lowest BCUT2D eigenvalue weighted by Gasteiger charge is -2.23. The Morgan fingerprint density at radius 3 is 3.00 bits per heavy atom. The van der Waals surface area contributed by atoms with Crippen LogP contribution in [0.5, 0.6) is 0 Å². The van der Waals surface area contributed by atoms with Crippen LogP contribution in [0.4, 0.5) is 0 Å². The number of nitrogens with zero attached hydrogens (tertiary/aromatic N) is 3. The quantitative estimate of drug-likeness (QED) is 0.812. The van der Waals surface area contributed by atoms with E-state index in [1.165, 1.54) is 24.9 Å². The Balaban J connectivity index is 1.85. The highest BCUT2D eigenvalue weighted by molar-refractivity contribution is 5.03. The van der Waals surface area contributed by atoms with Crippen LogP contribution in [-0.2, 0) is 13.1 Å². The van der Waals surface area contributed by atoms with E-state index < -0.39 is 0 Å². The van der Waals surface area contributed by atoms with Gasteiger partial charge in [0.25, 0.3) is 0 Å². The van der Waals surface area contributed by atoms with E-state index >= 15 is 0 Å². The van der Waals surface area contributed by atoms with E-state index in [1.54, 1.807) is 0 Å². The predicted octanol–water partition coefficient (Wildman–Crippen LogP) is 1.48. The fourth-order valence-corrected chi connectivity index (χ4v) is 2.45. The molecule has 0 aliphatic carbocycles. The Hall–Kier alpha value is -0.870. The van der Waals surface area contributed by atoms with Gasteiger partial charge in [0.15, 0.2) is 0 Å². The van der Waals surface area contributed by atoms with E-state index in [0.29, 0.717) is 6.04 Å². The molecule has 2 rings (SSSR count). The molecule has 1 saturated heterocycles. The minimum Gasteiger partial charge on any atom is -0.313 e. The van der Waals surface area contributed by atoms with E-state index in [9.17, 15) is 0 Å². The Bertz CT molecular complexity index is 328. The normalized spacial score (nSPS) is 20.3. The second-order valence-electron chi connectivity index (χ2n) is 4.83. The van der Waals surface area contributed by atoms with Gasteiger partial charge in [-0.05, 0) is 32.9 Å². The summed E-state index contributed by atoms with van der Waals surface area (Å²) < 4.78 is 2.00. The van der Waals surface area contributed by atoms with E-state index in [1.807, 2.05) is 10.9 Å². The van der Waals surface area contributed by atoms with Crippen molar-refractivity contribution in [3.05, 3.63) is 18.0 Å². The highest BCUT2D eigenvalue weighted by Gasteiger charge is 2.17. The average molecular weight is 236 g/mol. The smallest absolute Gasteiger partial charge is 0.0534 e. The van der Waals surface area contributed by atoms with Crippen molar-refractivity contribution in [1.29, 1.82) is 0 Å². The monoisotopic (exact) mass is 236 g/mol. The fraction of sp³-hybridized carbons (Fsp3) is 0.769. The van der Waals surface area contributed by atoms with Gasteiger partial charge in [-0.1, -0.05) is 6.92 Å². The maximum atomic E-state index is 4.33. The summed E-state index contributed by atoms with van der Waals surface area (Å²) in [5, 5.41) is 7.89. The summed E-state index contributed by atoms with van der Waals surface area (Å²) in [5.74, 6) is 0. The molecule has 4 heteroatoms. The Labute approximate surface area is 104 Å². The minimum absolute atomic E-state index is 0.691. The number of hydrogen-bond acceptors (Lipinski definition) is 3. The second-order valence-corrected chi connectivity index (χ2v) is 4.83. The van der Waals surface area contributed by atoms with Crippen LogP contribution in [0.2, 0.25) is 0 Å². The molecule has 1 aliphatic rings. The van der Waals surface area contributed by atoms with Crippen molar-refractivity contribution >= 4 is 0 Å². The number of nitrogens with one attached hydrogen (secondary N) is 1. The molecule has 1 aromatic rings. The molecule has 1 aromatic heterocycles. The lowest BCUT2D eigenvalue weighted by molar-refractivity contribution is 0.253. The van der Waals surface area contributed by atoms with Crippen molar-refractivity contribution in [2.45, 2.75) is 45.8 Å². The molecular formula is C13H24N4. The zero-order valence-electron chi connectivity index (χ0n) is 11.0. The molecule has 1 N–H and O–H groups in total. The van der Waals surface area contributed by atoms with Crippen molar-refractivity contribution in [2.75, 3.05) is 19.6 Å². The Kier molecular flexibility index (Phi) is 4.57. The molecule has 0 spiro atoms. The summed E-state index contributed by atoms with van der Waals surface area (Å²) in [6.45, 7) is 9.79. The van der Waals surface area contributed by atoms with Crippen molar-refractivity contribution in [2.24, 2.45) is 0 Å². The van der Waals surface area contributed by atoms with Crippen LogP contribution in [0.1, 0.15) is 32.3 Å². The van der Waals surface area contributed by atoms with Gasteiger partial charge in [0.2, 0.25) is 0 Å². The third-order valence-corrected chi connectivity index (χ3v) is 3.51. The first-order valence-corrected chi connectivity index (χ1v) is 6.79. The summed E-state index contributed by atoms with van der Waals surface area (Å²) in [5.41, 5.74) is 1.33. The fourth-order valence-electron chi connectivity index (χ4n) is 2.45. The summed E-state index contributed by atoms with van der Waals surface area (Å²) >= 11 is 0. The van der Waals surface area contributed by atoms with Gasteiger partial charge in [-0.25, -0.2) is 0 Å². The molecule has 0 bridgehead atoms. The van der Waals surface area contributed by atoms with Crippen LogP contribution in [0.3, 0.4) is 0 Å². The largest absolute Gasteiger partial charge is 0.313 e. The molecule has 17 heavy (non-hydrogen) atoms. The van der Waals surface area contributed by atoms with Gasteiger partial charge in [0.1, 0.15) is 0 Å². The van der Waals surface area contributed by atoms with Crippen molar-refractivity contribution < 1.29 is 0 Å². The van der Waals surface area contributed by atoms with E-state index in [2.05, 4.69) is 35.4 Å². The number of likely N-dealkylation sites (N-methyl/N-ethyl adjacent to an activating group) is 1. The van der Waals surface area contributed by atoms with E-state index in [-0.39, 0.29) is 0 Å². The number of rotatable bonds is 6. The van der Waals surface area contributed by atoms with E-state index in [0.717, 1.165) is 26.2 Å². The van der Waals surface area contributed by atoms with Gasteiger partial charge in [0.05, 0.1) is 6.20 Å². The minimum atomic E-state index is 0.691. The molecule has 0 aromatic carbocycles. The third-order valence-electron chi connectivity index (χ3n) is 3.51. The Morgan fingerprint density at radius 1 is 1.53 bits per heavy atom. The molecule has 4 nitrogen and oxygen atoms in total. The average Bonchev–Trinajstić information content (AvgIpc) is 2.99. The first kappa shape index (κ1) is 12.6. The Morgan fingerprint density at radius 2 is 2.41 bits per heavy atom. The number of aryl methyl sites for hydroxylation is 1. The zero-order chi connectivity index (χ0) is 12.1. The van der Waals surface area contributed by atoms with Crippen LogP contribution < -0.4 is 5.32 Å². The SMILES string of the molecule is CCN(Cc1cnn(CC)c1)C[C@H]1CCCN1. The molecule has 1 aliphatic heterocycles. The number of hydrogen-bond donors (Lipinski definition) is 1. The van der Waals surface area contributed by atoms with Crippen LogP contribution in [0.15, 0.2) is 12.4 Å².